The molecule has 1 atom stereocenters. The average Bonchev–Trinajstić information content (AvgIpc) is 2.24. The van der Waals surface area contributed by atoms with Gasteiger partial charge in [-0.1, -0.05) is 13.8 Å². The molecule has 0 spiro atoms. The molecule has 7 nitrogen and oxygen atoms in total. The summed E-state index contributed by atoms with van der Waals surface area (Å²) in [4.78, 5) is 34.9. The van der Waals surface area contributed by atoms with E-state index in [2.05, 4.69) is 10.6 Å². The van der Waals surface area contributed by atoms with Crippen LogP contribution in [-0.2, 0) is 9.59 Å². The molecule has 0 aromatic rings. The quantitative estimate of drug-likeness (QED) is 0.619. The highest BCUT2D eigenvalue weighted by Gasteiger charge is 2.23. The number of nitrogens with one attached hydrogen (secondary N) is 2. The summed E-state index contributed by atoms with van der Waals surface area (Å²) >= 11 is 0. The molecule has 0 aromatic heterocycles. The number of carboxylic acids is 1. The summed E-state index contributed by atoms with van der Waals surface area (Å²) in [5.74, 6) is -1.39. The minimum absolute atomic E-state index is 0.103. The SMILES string of the molecule is CC(C)[C@H](NC(=O)NCCC(=O)N(C)C)C(=O)O. The smallest absolute Gasteiger partial charge is 0.326 e. The maximum absolute atomic E-state index is 11.4. The lowest BCUT2D eigenvalue weighted by Crippen LogP contribution is -2.49. The summed E-state index contributed by atoms with van der Waals surface area (Å²) in [7, 11) is 3.25. The van der Waals surface area contributed by atoms with Crippen LogP contribution < -0.4 is 10.6 Å². The summed E-state index contributed by atoms with van der Waals surface area (Å²) in [6, 6.07) is -1.52. The van der Waals surface area contributed by atoms with Crippen molar-refractivity contribution in [2.75, 3.05) is 20.6 Å². The first-order valence-electron chi connectivity index (χ1n) is 5.73. The van der Waals surface area contributed by atoms with E-state index in [-0.39, 0.29) is 24.8 Å². The Labute approximate surface area is 107 Å². The van der Waals surface area contributed by atoms with Crippen molar-refractivity contribution in [2.24, 2.45) is 5.92 Å². The van der Waals surface area contributed by atoms with Gasteiger partial charge in [0, 0.05) is 27.1 Å². The van der Waals surface area contributed by atoms with E-state index in [4.69, 9.17) is 5.11 Å². The van der Waals surface area contributed by atoms with E-state index in [1.165, 1.54) is 4.90 Å². The molecule has 18 heavy (non-hydrogen) atoms. The van der Waals surface area contributed by atoms with Crippen LogP contribution in [0.4, 0.5) is 4.79 Å². The van der Waals surface area contributed by atoms with Crippen molar-refractivity contribution in [3.63, 3.8) is 0 Å². The van der Waals surface area contributed by atoms with Crippen LogP contribution in [0.5, 0.6) is 0 Å². The van der Waals surface area contributed by atoms with Gasteiger partial charge in [-0.2, -0.15) is 0 Å². The molecule has 3 amide bonds. The normalized spacial score (nSPS) is 11.8. The standard InChI is InChI=1S/C11H21N3O4/c1-7(2)9(10(16)17)13-11(18)12-6-5-8(15)14(3)4/h7,9H,5-6H2,1-4H3,(H,16,17)(H2,12,13,18)/t9-/m0/s1. The second kappa shape index (κ2) is 7.52. The van der Waals surface area contributed by atoms with Gasteiger partial charge in [0.15, 0.2) is 0 Å². The zero-order valence-electron chi connectivity index (χ0n) is 11.2. The van der Waals surface area contributed by atoms with Crippen LogP contribution in [-0.4, -0.2) is 54.6 Å². The molecule has 0 radical (unpaired) electrons. The van der Waals surface area contributed by atoms with Crippen LogP contribution in [0.3, 0.4) is 0 Å². The number of carbonyl (C=O) groups is 3. The number of nitrogens with zero attached hydrogens (tertiary/aromatic N) is 1. The van der Waals surface area contributed by atoms with Gasteiger partial charge in [0.1, 0.15) is 6.04 Å². The molecule has 0 heterocycles. The molecule has 0 saturated heterocycles. The molecule has 0 saturated carbocycles. The Kier molecular flexibility index (Phi) is 6.77. The van der Waals surface area contributed by atoms with Crippen LogP contribution >= 0.6 is 0 Å². The van der Waals surface area contributed by atoms with E-state index in [0.29, 0.717) is 0 Å². The molecule has 7 heteroatoms. The Morgan fingerprint density at radius 2 is 1.78 bits per heavy atom. The highest BCUT2D eigenvalue weighted by Crippen LogP contribution is 2.01. The Morgan fingerprint density at radius 3 is 2.17 bits per heavy atom. The van der Waals surface area contributed by atoms with Crippen LogP contribution in [0.2, 0.25) is 0 Å². The van der Waals surface area contributed by atoms with Gasteiger partial charge < -0.3 is 20.6 Å². The summed E-state index contributed by atoms with van der Waals surface area (Å²) in [5.41, 5.74) is 0. The highest BCUT2D eigenvalue weighted by atomic mass is 16.4. The number of rotatable bonds is 6. The molecule has 0 aliphatic rings. The van der Waals surface area contributed by atoms with Crippen LogP contribution in [0.1, 0.15) is 20.3 Å². The van der Waals surface area contributed by atoms with Crippen molar-refractivity contribution in [1.82, 2.24) is 15.5 Å². The van der Waals surface area contributed by atoms with E-state index in [1.54, 1.807) is 27.9 Å². The Morgan fingerprint density at radius 1 is 1.22 bits per heavy atom. The zero-order chi connectivity index (χ0) is 14.3. The number of carbonyl (C=O) groups excluding carboxylic acids is 2. The van der Waals surface area contributed by atoms with Gasteiger partial charge in [0.25, 0.3) is 0 Å². The van der Waals surface area contributed by atoms with Crippen molar-refractivity contribution in [1.29, 1.82) is 0 Å². The van der Waals surface area contributed by atoms with Gasteiger partial charge in [0.2, 0.25) is 5.91 Å². The second-order valence-corrected chi connectivity index (χ2v) is 4.50. The van der Waals surface area contributed by atoms with Gasteiger partial charge in [-0.3, -0.25) is 4.79 Å². The molecule has 0 aromatic carbocycles. The third-order valence-electron chi connectivity index (χ3n) is 2.34. The first-order chi connectivity index (χ1) is 8.25. The number of amides is 3. The van der Waals surface area contributed by atoms with E-state index in [0.717, 1.165) is 0 Å². The summed E-state index contributed by atoms with van der Waals surface area (Å²) in [5, 5.41) is 13.7. The van der Waals surface area contributed by atoms with Crippen molar-refractivity contribution in [3.05, 3.63) is 0 Å². The minimum Gasteiger partial charge on any atom is -0.480 e. The van der Waals surface area contributed by atoms with E-state index < -0.39 is 18.0 Å². The van der Waals surface area contributed by atoms with Gasteiger partial charge >= 0.3 is 12.0 Å². The number of carboxylic acid groups (broad SMARTS) is 1. The highest BCUT2D eigenvalue weighted by molar-refractivity contribution is 5.83. The summed E-state index contributed by atoms with van der Waals surface area (Å²) in [6.45, 7) is 3.58. The predicted molar refractivity (Wildman–Crippen MR) is 66.1 cm³/mol. The molecule has 0 bridgehead atoms. The first-order valence-corrected chi connectivity index (χ1v) is 5.73. The first kappa shape index (κ1) is 16.2. The van der Waals surface area contributed by atoms with Crippen molar-refractivity contribution < 1.29 is 19.5 Å². The molecule has 0 unspecified atom stereocenters. The molecule has 0 aliphatic carbocycles. The Hall–Kier alpha value is -1.79. The molecule has 0 aliphatic heterocycles. The number of urea groups is 1. The summed E-state index contributed by atoms with van der Waals surface area (Å²) in [6.07, 6.45) is 0.180. The fourth-order valence-corrected chi connectivity index (χ4v) is 1.21. The molecule has 104 valence electrons. The summed E-state index contributed by atoms with van der Waals surface area (Å²) < 4.78 is 0. The predicted octanol–water partition coefficient (Wildman–Crippen LogP) is -0.127. The number of hydrogen-bond donors (Lipinski definition) is 3. The van der Waals surface area contributed by atoms with Crippen LogP contribution in [0, 0.1) is 5.92 Å². The second-order valence-electron chi connectivity index (χ2n) is 4.50. The van der Waals surface area contributed by atoms with Gasteiger partial charge in [0.05, 0.1) is 0 Å². The molecular weight excluding hydrogens is 238 g/mol. The maximum atomic E-state index is 11.4. The molecule has 3 N–H and O–H groups in total. The Balaban J connectivity index is 4.04. The molecule has 0 rings (SSSR count). The van der Waals surface area contributed by atoms with E-state index in [1.807, 2.05) is 0 Å². The molecule has 0 fully saturated rings. The lowest BCUT2D eigenvalue weighted by molar-refractivity contribution is -0.140. The van der Waals surface area contributed by atoms with Crippen molar-refractivity contribution >= 4 is 17.9 Å². The van der Waals surface area contributed by atoms with E-state index in [9.17, 15) is 14.4 Å². The monoisotopic (exact) mass is 259 g/mol. The minimum atomic E-state index is -1.08. The van der Waals surface area contributed by atoms with Crippen molar-refractivity contribution in [3.8, 4) is 0 Å². The number of hydrogen-bond acceptors (Lipinski definition) is 3. The van der Waals surface area contributed by atoms with Gasteiger partial charge in [-0.15, -0.1) is 0 Å². The van der Waals surface area contributed by atoms with Crippen LogP contribution in [0.25, 0.3) is 0 Å². The average molecular weight is 259 g/mol. The van der Waals surface area contributed by atoms with Crippen LogP contribution in [0.15, 0.2) is 0 Å². The lowest BCUT2D eigenvalue weighted by Gasteiger charge is -2.18. The third kappa shape index (κ3) is 6.07. The fourth-order valence-electron chi connectivity index (χ4n) is 1.21. The fraction of sp³-hybridized carbons (Fsp3) is 0.727. The molecular formula is C11H21N3O4. The van der Waals surface area contributed by atoms with E-state index >= 15 is 0 Å². The third-order valence-corrected chi connectivity index (χ3v) is 2.34. The zero-order valence-corrected chi connectivity index (χ0v) is 11.2. The van der Waals surface area contributed by atoms with Crippen molar-refractivity contribution in [2.45, 2.75) is 26.3 Å². The topological polar surface area (TPSA) is 98.7 Å². The largest absolute Gasteiger partial charge is 0.480 e. The van der Waals surface area contributed by atoms with Gasteiger partial charge in [-0.25, -0.2) is 9.59 Å². The van der Waals surface area contributed by atoms with Gasteiger partial charge in [-0.05, 0) is 5.92 Å². The number of aliphatic carboxylic acids is 1. The lowest BCUT2D eigenvalue weighted by atomic mass is 10.1. The maximum Gasteiger partial charge on any atom is 0.326 e. The Bertz CT molecular complexity index is 315.